The predicted molar refractivity (Wildman–Crippen MR) is 59.6 cm³/mol. The van der Waals surface area contributed by atoms with Gasteiger partial charge in [-0.25, -0.2) is 0 Å². The molecular formula is C12H20O6. The van der Waals surface area contributed by atoms with Crippen molar-refractivity contribution in [2.45, 2.75) is 70.0 Å². The molecule has 18 heavy (non-hydrogen) atoms. The molecule has 0 aliphatic carbocycles. The molecule has 0 spiro atoms. The summed E-state index contributed by atoms with van der Waals surface area (Å²) in [4.78, 5) is 0. The minimum absolute atomic E-state index is 0.114. The van der Waals surface area contributed by atoms with Gasteiger partial charge in [0.2, 0.25) is 0 Å². The Morgan fingerprint density at radius 3 is 2.11 bits per heavy atom. The number of rotatable bonds is 1. The van der Waals surface area contributed by atoms with Crippen molar-refractivity contribution in [2.75, 3.05) is 6.61 Å². The van der Waals surface area contributed by atoms with E-state index in [0.29, 0.717) is 0 Å². The Balaban J connectivity index is 1.83. The summed E-state index contributed by atoms with van der Waals surface area (Å²) in [7, 11) is 0. The fourth-order valence-electron chi connectivity index (χ4n) is 2.87. The molecule has 3 fully saturated rings. The summed E-state index contributed by atoms with van der Waals surface area (Å²) >= 11 is 0. The largest absolute Gasteiger partial charge is 0.394 e. The van der Waals surface area contributed by atoms with E-state index in [1.165, 1.54) is 0 Å². The molecule has 5 atom stereocenters. The van der Waals surface area contributed by atoms with Crippen molar-refractivity contribution in [1.82, 2.24) is 0 Å². The number of ether oxygens (including phenoxy) is 5. The molecule has 0 saturated carbocycles. The quantitative estimate of drug-likeness (QED) is 0.735. The van der Waals surface area contributed by atoms with Crippen LogP contribution in [0.25, 0.3) is 0 Å². The number of hydrogen-bond acceptors (Lipinski definition) is 6. The first-order chi connectivity index (χ1) is 8.31. The maximum Gasteiger partial charge on any atom is 0.190 e. The standard InChI is InChI=1S/C12H20O6/c1-11(2)15-6(5-13)7-8(16-11)9-10(14-7)18-12(3,4)17-9/h6-10,13H,5H2,1-4H3/t6-,7-,8+,9-,10-/m1/s1. The molecule has 0 aromatic rings. The van der Waals surface area contributed by atoms with Crippen molar-refractivity contribution in [3.63, 3.8) is 0 Å². The minimum atomic E-state index is -0.761. The van der Waals surface area contributed by atoms with Crippen LogP contribution in [-0.2, 0) is 23.7 Å². The fourth-order valence-corrected chi connectivity index (χ4v) is 2.87. The molecule has 3 saturated heterocycles. The highest BCUT2D eigenvalue weighted by Crippen LogP contribution is 2.44. The van der Waals surface area contributed by atoms with E-state index in [-0.39, 0.29) is 24.9 Å². The van der Waals surface area contributed by atoms with Crippen LogP contribution in [0.2, 0.25) is 0 Å². The van der Waals surface area contributed by atoms with Gasteiger partial charge in [0, 0.05) is 0 Å². The zero-order valence-electron chi connectivity index (χ0n) is 11.1. The lowest BCUT2D eigenvalue weighted by molar-refractivity contribution is -0.347. The van der Waals surface area contributed by atoms with Gasteiger partial charge < -0.3 is 28.8 Å². The van der Waals surface area contributed by atoms with Crippen LogP contribution in [0.4, 0.5) is 0 Å². The van der Waals surface area contributed by atoms with Gasteiger partial charge >= 0.3 is 0 Å². The smallest absolute Gasteiger partial charge is 0.190 e. The Labute approximate surface area is 106 Å². The maximum atomic E-state index is 9.39. The second-order valence-corrected chi connectivity index (χ2v) is 5.89. The van der Waals surface area contributed by atoms with Crippen molar-refractivity contribution in [3.8, 4) is 0 Å². The van der Waals surface area contributed by atoms with Crippen molar-refractivity contribution in [2.24, 2.45) is 0 Å². The summed E-state index contributed by atoms with van der Waals surface area (Å²) in [5.41, 5.74) is 0. The van der Waals surface area contributed by atoms with E-state index in [1.54, 1.807) is 0 Å². The van der Waals surface area contributed by atoms with E-state index in [0.717, 1.165) is 0 Å². The number of hydrogen-bond donors (Lipinski definition) is 1. The number of aliphatic hydroxyl groups excluding tert-OH is 1. The van der Waals surface area contributed by atoms with E-state index < -0.39 is 24.0 Å². The summed E-state index contributed by atoms with van der Waals surface area (Å²) in [5.74, 6) is -1.43. The fraction of sp³-hybridized carbons (Fsp3) is 1.00. The van der Waals surface area contributed by atoms with Crippen molar-refractivity contribution in [3.05, 3.63) is 0 Å². The number of aliphatic hydroxyl groups is 1. The van der Waals surface area contributed by atoms with Crippen LogP contribution in [-0.4, -0.2) is 54.0 Å². The molecule has 3 aliphatic heterocycles. The molecule has 3 heterocycles. The first kappa shape index (κ1) is 12.8. The second kappa shape index (κ2) is 3.88. The van der Waals surface area contributed by atoms with Gasteiger partial charge in [-0.05, 0) is 27.7 Å². The van der Waals surface area contributed by atoms with Gasteiger partial charge in [0.15, 0.2) is 17.9 Å². The molecule has 104 valence electrons. The van der Waals surface area contributed by atoms with Crippen LogP contribution >= 0.6 is 0 Å². The predicted octanol–water partition coefficient (Wildman–Crippen LogP) is 0.375. The van der Waals surface area contributed by atoms with Crippen molar-refractivity contribution in [1.29, 1.82) is 0 Å². The Morgan fingerprint density at radius 1 is 0.833 bits per heavy atom. The van der Waals surface area contributed by atoms with Crippen LogP contribution in [0.5, 0.6) is 0 Å². The van der Waals surface area contributed by atoms with E-state index in [4.69, 9.17) is 23.7 Å². The third-order valence-electron chi connectivity index (χ3n) is 3.43. The van der Waals surface area contributed by atoms with Gasteiger partial charge in [0.1, 0.15) is 24.4 Å². The maximum absolute atomic E-state index is 9.39. The molecule has 6 nitrogen and oxygen atoms in total. The van der Waals surface area contributed by atoms with Gasteiger partial charge in [-0.15, -0.1) is 0 Å². The SMILES string of the molecule is CC1(C)O[C@H]2O[C@H]3[C@H](OC(C)(C)O[C@@H]3CO)[C@H]2O1. The highest BCUT2D eigenvalue weighted by Gasteiger charge is 2.60. The van der Waals surface area contributed by atoms with E-state index in [9.17, 15) is 5.11 Å². The molecular weight excluding hydrogens is 240 g/mol. The zero-order chi connectivity index (χ0) is 13.1. The summed E-state index contributed by atoms with van der Waals surface area (Å²) in [6.07, 6.45) is -1.78. The molecule has 0 aromatic carbocycles. The molecule has 0 radical (unpaired) electrons. The molecule has 6 heteroatoms. The molecule has 1 N–H and O–H groups in total. The first-order valence-corrected chi connectivity index (χ1v) is 6.29. The van der Waals surface area contributed by atoms with Crippen molar-refractivity contribution >= 4 is 0 Å². The van der Waals surface area contributed by atoms with E-state index in [2.05, 4.69) is 0 Å². The summed E-state index contributed by atoms with van der Waals surface area (Å²) in [6.45, 7) is 7.21. The minimum Gasteiger partial charge on any atom is -0.394 e. The van der Waals surface area contributed by atoms with Gasteiger partial charge in [-0.1, -0.05) is 0 Å². The summed E-state index contributed by atoms with van der Waals surface area (Å²) in [6, 6.07) is 0. The highest BCUT2D eigenvalue weighted by molar-refractivity contribution is 5.00. The Bertz CT molecular complexity index is 341. The first-order valence-electron chi connectivity index (χ1n) is 6.29. The molecule has 0 unspecified atom stereocenters. The van der Waals surface area contributed by atoms with Crippen molar-refractivity contribution < 1.29 is 28.8 Å². The van der Waals surface area contributed by atoms with Crippen LogP contribution in [0, 0.1) is 0 Å². The lowest BCUT2D eigenvalue weighted by atomic mass is 10.0. The molecule has 0 amide bonds. The average molecular weight is 260 g/mol. The Hall–Kier alpha value is -0.240. The van der Waals surface area contributed by atoms with Gasteiger partial charge in [-0.2, -0.15) is 0 Å². The van der Waals surface area contributed by atoms with Crippen LogP contribution < -0.4 is 0 Å². The average Bonchev–Trinajstić information content (AvgIpc) is 2.69. The molecule has 0 bridgehead atoms. The number of fused-ring (bicyclic) bond motifs is 3. The van der Waals surface area contributed by atoms with Crippen LogP contribution in [0.1, 0.15) is 27.7 Å². The topological polar surface area (TPSA) is 66.4 Å². The summed E-state index contributed by atoms with van der Waals surface area (Å²) < 4.78 is 28.8. The Morgan fingerprint density at radius 2 is 1.44 bits per heavy atom. The van der Waals surface area contributed by atoms with Gasteiger partial charge in [0.25, 0.3) is 0 Å². The summed E-state index contributed by atoms with van der Waals surface area (Å²) in [5, 5.41) is 9.39. The Kier molecular flexibility index (Phi) is 2.75. The van der Waals surface area contributed by atoms with Crippen LogP contribution in [0.3, 0.4) is 0 Å². The van der Waals surface area contributed by atoms with Gasteiger partial charge in [0.05, 0.1) is 6.61 Å². The van der Waals surface area contributed by atoms with Gasteiger partial charge in [-0.3, -0.25) is 0 Å². The second-order valence-electron chi connectivity index (χ2n) is 5.89. The van der Waals surface area contributed by atoms with E-state index in [1.807, 2.05) is 27.7 Å². The van der Waals surface area contributed by atoms with Crippen LogP contribution in [0.15, 0.2) is 0 Å². The normalized spacial score (nSPS) is 48.8. The highest BCUT2D eigenvalue weighted by atomic mass is 16.9. The third kappa shape index (κ3) is 1.97. The molecule has 3 aliphatic rings. The third-order valence-corrected chi connectivity index (χ3v) is 3.43. The monoisotopic (exact) mass is 260 g/mol. The van der Waals surface area contributed by atoms with E-state index >= 15 is 0 Å². The molecule has 0 aromatic heterocycles. The lowest BCUT2D eigenvalue weighted by Crippen LogP contribution is -2.56. The molecule has 3 rings (SSSR count). The lowest BCUT2D eigenvalue weighted by Gasteiger charge is -2.43. The zero-order valence-corrected chi connectivity index (χ0v) is 11.1.